The number of esters is 1. The van der Waals surface area contributed by atoms with Gasteiger partial charge in [0.05, 0.1) is 53.0 Å². The van der Waals surface area contributed by atoms with Crippen LogP contribution in [0, 0.1) is 30.6 Å². The summed E-state index contributed by atoms with van der Waals surface area (Å²) in [7, 11) is 3.42. The number of piperazine rings is 1. The number of aliphatic hydroxyl groups is 2. The standard InChI is InChI=1S/C43H58N4O12/c1-21-12-11-13-22(2)42(55)45-33-28(20-44-47-17-15-46(9)16-18-47)37(52)30-31(38(33)53)36(51)26(6)40-32(30)41(54)43(8,59-40)57-19-14-29(56-10)23(3)39(58-27(7)48)25(5)35(50)24(4)34(21)49/h11-14,19-21,23-25,29,34-35,39,49-53H,15-18H2,1-10H3,(H,45,55)/b12-11-,19-14-,22-13-,44-20+/t21-,23+,24-,25-,29+,34-,35-,39+,43+/m0/s1. The second kappa shape index (κ2) is 18.0. The minimum atomic E-state index is -2.04. The number of allylic oxidation sites excluding steroid dienone is 2. The number of nitrogens with one attached hydrogen (secondary N) is 1. The van der Waals surface area contributed by atoms with Crippen molar-refractivity contribution in [3.8, 4) is 23.0 Å². The average molecular weight is 823 g/mol. The van der Waals surface area contributed by atoms with Gasteiger partial charge in [0.1, 0.15) is 23.4 Å². The van der Waals surface area contributed by atoms with Crippen LogP contribution in [-0.4, -0.2) is 130 Å². The van der Waals surface area contributed by atoms with Crippen LogP contribution in [0.4, 0.5) is 5.69 Å². The number of ether oxygens (including phenoxy) is 4. The number of hydrogen-bond acceptors (Lipinski definition) is 15. The monoisotopic (exact) mass is 822 g/mol. The Morgan fingerprint density at radius 1 is 0.949 bits per heavy atom. The SMILES string of the molecule is CO[C@@H]1/C=C\O[C@]2(C)Oc3c(C)c(O)c4c(O)c(c(/C=N/N5CCN(C)CC5)c(O)c4c3C2=O)NC(=O)/C(C)=C\C=C/[C@H](C)[C@H](O)[C@H](C)[C@H](O)[C@H](C)[C@H](OC(C)=O)[C@@H]1C. The number of benzene rings is 2. The molecule has 16 nitrogen and oxygen atoms in total. The van der Waals surface area contributed by atoms with Crippen LogP contribution < -0.4 is 10.1 Å². The molecule has 59 heavy (non-hydrogen) atoms. The lowest BCUT2D eigenvalue weighted by Gasteiger charge is -2.38. The molecule has 4 aliphatic heterocycles. The highest BCUT2D eigenvalue weighted by atomic mass is 16.7. The maximum Gasteiger partial charge on any atom is 0.312 e. The maximum atomic E-state index is 14.4. The number of likely N-dealkylation sites (N-methyl/N-ethyl adjacent to an activating group) is 1. The highest BCUT2D eigenvalue weighted by molar-refractivity contribution is 6.23. The van der Waals surface area contributed by atoms with Crippen molar-refractivity contribution >= 4 is 40.3 Å². The summed E-state index contributed by atoms with van der Waals surface area (Å²) in [5.74, 6) is -8.34. The van der Waals surface area contributed by atoms with Gasteiger partial charge in [-0.2, -0.15) is 5.10 Å². The number of phenolic OH excluding ortho intramolecular Hbond substituents is 3. The molecule has 0 unspecified atom stereocenters. The number of aliphatic hydroxyl groups excluding tert-OH is 2. The quantitative estimate of drug-likeness (QED) is 0.109. The first-order chi connectivity index (χ1) is 27.7. The lowest BCUT2D eigenvalue weighted by atomic mass is 9.78. The zero-order valence-electron chi connectivity index (χ0n) is 35.3. The van der Waals surface area contributed by atoms with Gasteiger partial charge in [-0.3, -0.25) is 19.4 Å². The zero-order chi connectivity index (χ0) is 43.7. The second-order valence-corrected chi connectivity index (χ2v) is 16.1. The van der Waals surface area contributed by atoms with Gasteiger partial charge in [-0.1, -0.05) is 45.9 Å². The van der Waals surface area contributed by atoms with Gasteiger partial charge in [0, 0.05) is 87.3 Å². The van der Waals surface area contributed by atoms with Gasteiger partial charge in [-0.25, -0.2) is 0 Å². The number of carbonyl (C=O) groups excluding carboxylic acids is 3. The largest absolute Gasteiger partial charge is 0.507 e. The predicted molar refractivity (Wildman–Crippen MR) is 220 cm³/mol. The molecular weight excluding hydrogens is 764 g/mol. The molecule has 0 saturated carbocycles. The third kappa shape index (κ3) is 8.91. The molecule has 0 radical (unpaired) electrons. The Labute approximate surface area is 344 Å². The lowest BCUT2D eigenvalue weighted by molar-refractivity contribution is -0.160. The molecule has 322 valence electrons. The number of hydrogen-bond donors (Lipinski definition) is 6. The molecule has 0 aromatic heterocycles. The minimum absolute atomic E-state index is 0.0559. The number of nitrogens with zero attached hydrogens (tertiary/aromatic N) is 3. The summed E-state index contributed by atoms with van der Waals surface area (Å²) < 4.78 is 23.6. The predicted octanol–water partition coefficient (Wildman–Crippen LogP) is 4.34. The normalized spacial score (nSPS) is 32.1. The Morgan fingerprint density at radius 2 is 1.61 bits per heavy atom. The summed E-state index contributed by atoms with van der Waals surface area (Å²) in [6.45, 7) is 15.1. The van der Waals surface area contributed by atoms with Crippen LogP contribution in [0.1, 0.15) is 70.0 Å². The number of amides is 1. The number of rotatable bonds is 4. The molecule has 4 heterocycles. The number of ketones is 1. The first-order valence-electron chi connectivity index (χ1n) is 19.8. The van der Waals surface area contributed by atoms with Gasteiger partial charge >= 0.3 is 11.8 Å². The molecule has 5 bridgehead atoms. The van der Waals surface area contributed by atoms with E-state index in [2.05, 4.69) is 15.3 Å². The fraction of sp³-hybridized carbons (Fsp3) is 0.535. The molecule has 6 rings (SSSR count). The van der Waals surface area contributed by atoms with E-state index in [1.165, 1.54) is 59.4 Å². The van der Waals surface area contributed by atoms with Gasteiger partial charge in [-0.05, 0) is 27.0 Å². The topological polar surface area (TPSA) is 220 Å². The van der Waals surface area contributed by atoms with Crippen molar-refractivity contribution in [2.75, 3.05) is 45.7 Å². The van der Waals surface area contributed by atoms with Crippen LogP contribution in [0.15, 0.2) is 41.2 Å². The van der Waals surface area contributed by atoms with E-state index in [1.807, 2.05) is 7.05 Å². The molecule has 1 saturated heterocycles. The van der Waals surface area contributed by atoms with Gasteiger partial charge in [-0.15, -0.1) is 0 Å². The first-order valence-corrected chi connectivity index (χ1v) is 19.8. The molecule has 2 aromatic rings. The Hall–Kier alpha value is -5.16. The lowest BCUT2D eigenvalue weighted by Crippen LogP contribution is -2.46. The summed E-state index contributed by atoms with van der Waals surface area (Å²) in [4.78, 5) is 42.6. The summed E-state index contributed by atoms with van der Waals surface area (Å²) >= 11 is 0. The van der Waals surface area contributed by atoms with Crippen molar-refractivity contribution < 1.29 is 58.9 Å². The Balaban J connectivity index is 1.70. The molecule has 0 aliphatic carbocycles. The summed E-state index contributed by atoms with van der Waals surface area (Å²) in [5, 5.41) is 66.8. The molecule has 16 heteroatoms. The van der Waals surface area contributed by atoms with E-state index in [4.69, 9.17) is 18.9 Å². The van der Waals surface area contributed by atoms with Crippen LogP contribution in [0.2, 0.25) is 0 Å². The number of Topliss-reactive ketones (excluding diaryl/α,β-unsaturated/α-hetero) is 1. The van der Waals surface area contributed by atoms with E-state index in [9.17, 15) is 39.9 Å². The van der Waals surface area contributed by atoms with Gasteiger partial charge in [0.2, 0.25) is 0 Å². The Kier molecular flexibility index (Phi) is 13.7. The molecule has 9 atom stereocenters. The summed E-state index contributed by atoms with van der Waals surface area (Å²) in [6, 6.07) is 0. The third-order valence-corrected chi connectivity index (χ3v) is 11.9. The summed E-state index contributed by atoms with van der Waals surface area (Å²) in [6.07, 6.45) is 4.86. The Morgan fingerprint density at radius 3 is 2.24 bits per heavy atom. The molecule has 1 fully saturated rings. The molecular formula is C43H58N4O12. The summed E-state index contributed by atoms with van der Waals surface area (Å²) in [5.41, 5.74) is -0.350. The number of aromatic hydroxyl groups is 3. The maximum absolute atomic E-state index is 14.4. The van der Waals surface area contributed by atoms with Crippen molar-refractivity contribution in [3.63, 3.8) is 0 Å². The number of hydrazone groups is 1. The van der Waals surface area contributed by atoms with E-state index in [0.29, 0.717) is 13.1 Å². The highest BCUT2D eigenvalue weighted by Gasteiger charge is 2.50. The zero-order valence-corrected chi connectivity index (χ0v) is 35.3. The minimum Gasteiger partial charge on any atom is -0.507 e. The van der Waals surface area contributed by atoms with Crippen molar-refractivity contribution in [1.82, 2.24) is 9.91 Å². The van der Waals surface area contributed by atoms with Gasteiger partial charge < -0.3 is 54.7 Å². The van der Waals surface area contributed by atoms with E-state index in [0.717, 1.165) is 13.1 Å². The van der Waals surface area contributed by atoms with Crippen LogP contribution in [-0.2, 0) is 23.8 Å². The number of anilines is 1. The third-order valence-electron chi connectivity index (χ3n) is 11.9. The number of methoxy groups -OCH3 is 1. The highest BCUT2D eigenvalue weighted by Crippen LogP contribution is 2.55. The van der Waals surface area contributed by atoms with E-state index >= 15 is 0 Å². The van der Waals surface area contributed by atoms with Crippen molar-refractivity contribution in [1.29, 1.82) is 0 Å². The average Bonchev–Trinajstić information content (AvgIpc) is 3.46. The number of phenols is 3. The molecule has 4 aliphatic rings. The fourth-order valence-corrected chi connectivity index (χ4v) is 7.92. The molecule has 2 aromatic carbocycles. The number of carbonyl (C=O) groups is 3. The van der Waals surface area contributed by atoms with Crippen molar-refractivity contribution in [2.45, 2.75) is 85.6 Å². The number of fused-ring (bicyclic) bond motifs is 14. The molecule has 0 spiro atoms. The molecule has 6 N–H and O–H groups in total. The first kappa shape index (κ1) is 44.9. The van der Waals surface area contributed by atoms with E-state index in [1.54, 1.807) is 44.9 Å². The van der Waals surface area contributed by atoms with Crippen LogP contribution in [0.3, 0.4) is 0 Å². The fourth-order valence-electron chi connectivity index (χ4n) is 7.92. The van der Waals surface area contributed by atoms with Crippen LogP contribution in [0.5, 0.6) is 23.0 Å². The second-order valence-electron chi connectivity index (χ2n) is 16.1. The van der Waals surface area contributed by atoms with Crippen LogP contribution >= 0.6 is 0 Å². The van der Waals surface area contributed by atoms with E-state index < -0.39 is 88.8 Å². The van der Waals surface area contributed by atoms with E-state index in [-0.39, 0.29) is 44.5 Å². The van der Waals surface area contributed by atoms with Crippen molar-refractivity contribution in [3.05, 3.63) is 52.8 Å². The smallest absolute Gasteiger partial charge is 0.312 e. The Bertz CT molecular complexity index is 2070. The van der Waals surface area contributed by atoms with Crippen LogP contribution in [0.25, 0.3) is 10.8 Å². The molecule has 1 amide bonds. The van der Waals surface area contributed by atoms with Gasteiger partial charge in [0.25, 0.3) is 11.7 Å². The van der Waals surface area contributed by atoms with Crippen molar-refractivity contribution in [2.24, 2.45) is 28.8 Å². The van der Waals surface area contributed by atoms with Gasteiger partial charge in [0.15, 0.2) is 5.75 Å².